The van der Waals surface area contributed by atoms with E-state index in [9.17, 15) is 9.18 Å². The molecule has 6 heteroatoms. The number of guanidine groups is 1. The minimum absolute atomic E-state index is 0. The number of nitrogens with two attached hydrogens (primary N) is 1. The van der Waals surface area contributed by atoms with Gasteiger partial charge in [0, 0.05) is 18.0 Å². The van der Waals surface area contributed by atoms with Crippen LogP contribution in [-0.2, 0) is 10.3 Å². The lowest BCUT2D eigenvalue weighted by atomic mass is 9.82. The summed E-state index contributed by atoms with van der Waals surface area (Å²) in [5, 5.41) is 2.54. The zero-order chi connectivity index (χ0) is 18.1. The molecule has 0 spiro atoms. The third-order valence-corrected chi connectivity index (χ3v) is 4.36. The molecule has 1 aliphatic rings. The first-order valence-corrected chi connectivity index (χ1v) is 8.03. The molecule has 1 aromatic heterocycles. The van der Waals surface area contributed by atoms with Gasteiger partial charge in [0.15, 0.2) is 11.5 Å². The number of carbonyl (C=O) groups is 1. The number of carbonyl (C=O) groups excluding carboxylic acids is 1. The molecule has 0 aliphatic carbocycles. The third kappa shape index (κ3) is 3.06. The van der Waals surface area contributed by atoms with E-state index in [1.54, 1.807) is 48.8 Å². The Labute approximate surface area is 156 Å². The first kappa shape index (κ1) is 18.3. The number of nitrogens with one attached hydrogen (secondary N) is 1. The van der Waals surface area contributed by atoms with Crippen molar-refractivity contribution in [2.75, 3.05) is 0 Å². The fraction of sp³-hybridized carbons (Fsp3) is 0.0952. The van der Waals surface area contributed by atoms with E-state index in [2.05, 4.69) is 15.3 Å². The van der Waals surface area contributed by atoms with Crippen molar-refractivity contribution in [3.63, 3.8) is 0 Å². The van der Waals surface area contributed by atoms with E-state index in [0.29, 0.717) is 16.7 Å². The van der Waals surface area contributed by atoms with Gasteiger partial charge in [-0.25, -0.2) is 9.38 Å². The van der Waals surface area contributed by atoms with Crippen LogP contribution in [0.1, 0.15) is 18.6 Å². The fourth-order valence-corrected chi connectivity index (χ4v) is 3.20. The number of halogens is 1. The molecule has 0 fully saturated rings. The number of amides is 1. The molecule has 5 nitrogen and oxygen atoms in total. The molecular formula is C21H19FN4O. The van der Waals surface area contributed by atoms with E-state index in [4.69, 9.17) is 5.73 Å². The smallest absolute Gasteiger partial charge is 0.263 e. The molecule has 1 unspecified atom stereocenters. The fourth-order valence-electron chi connectivity index (χ4n) is 3.20. The normalized spacial score (nSPS) is 18.4. The van der Waals surface area contributed by atoms with Crippen LogP contribution in [0.15, 0.2) is 78.0 Å². The van der Waals surface area contributed by atoms with Crippen molar-refractivity contribution in [1.82, 2.24) is 10.3 Å². The molecule has 2 heterocycles. The first-order valence-electron chi connectivity index (χ1n) is 8.03. The summed E-state index contributed by atoms with van der Waals surface area (Å²) in [6.45, 7) is 0. The maximum Gasteiger partial charge on any atom is 0.263 e. The average molecular weight is 362 g/mol. The average Bonchev–Trinajstić information content (AvgIpc) is 2.98. The second kappa shape index (κ2) is 6.99. The van der Waals surface area contributed by atoms with Gasteiger partial charge in [-0.15, -0.1) is 0 Å². The van der Waals surface area contributed by atoms with E-state index in [-0.39, 0.29) is 13.4 Å². The van der Waals surface area contributed by atoms with E-state index >= 15 is 0 Å². The molecular weight excluding hydrogens is 343 g/mol. The maximum atomic E-state index is 14.4. The first-order chi connectivity index (χ1) is 12.6. The number of nitrogens with zero attached hydrogens (tertiary/aromatic N) is 2. The van der Waals surface area contributed by atoms with Gasteiger partial charge in [-0.2, -0.15) is 0 Å². The summed E-state index contributed by atoms with van der Waals surface area (Å²) in [4.78, 5) is 21.3. The van der Waals surface area contributed by atoms with Gasteiger partial charge >= 0.3 is 0 Å². The lowest BCUT2D eigenvalue weighted by Crippen LogP contribution is -2.39. The molecule has 136 valence electrons. The van der Waals surface area contributed by atoms with Crippen molar-refractivity contribution >= 4 is 11.9 Å². The Morgan fingerprint density at radius 3 is 2.37 bits per heavy atom. The maximum absolute atomic E-state index is 14.4. The largest absolute Gasteiger partial charge is 0.370 e. The Kier molecular flexibility index (Phi) is 4.73. The predicted molar refractivity (Wildman–Crippen MR) is 103 cm³/mol. The van der Waals surface area contributed by atoms with Crippen molar-refractivity contribution in [3.05, 3.63) is 90.0 Å². The highest BCUT2D eigenvalue weighted by Gasteiger charge is 2.46. The van der Waals surface area contributed by atoms with Crippen LogP contribution in [0.3, 0.4) is 0 Å². The van der Waals surface area contributed by atoms with Crippen LogP contribution in [0.4, 0.5) is 4.39 Å². The van der Waals surface area contributed by atoms with E-state index in [0.717, 1.165) is 5.56 Å². The topological polar surface area (TPSA) is 80.4 Å². The Bertz CT molecular complexity index is 1010. The van der Waals surface area contributed by atoms with Crippen LogP contribution in [0.25, 0.3) is 11.1 Å². The lowest BCUT2D eigenvalue weighted by Gasteiger charge is -2.25. The van der Waals surface area contributed by atoms with E-state index < -0.39 is 17.3 Å². The van der Waals surface area contributed by atoms with Crippen molar-refractivity contribution in [2.45, 2.75) is 13.0 Å². The van der Waals surface area contributed by atoms with Gasteiger partial charge in [-0.1, -0.05) is 43.8 Å². The molecule has 3 aromatic rings. The Morgan fingerprint density at radius 2 is 1.74 bits per heavy atom. The van der Waals surface area contributed by atoms with E-state index in [1.165, 1.54) is 12.1 Å². The van der Waals surface area contributed by atoms with Gasteiger partial charge in [0.2, 0.25) is 0 Å². The highest BCUT2D eigenvalue weighted by molar-refractivity contribution is 6.09. The van der Waals surface area contributed by atoms with Crippen LogP contribution >= 0.6 is 0 Å². The lowest BCUT2D eigenvalue weighted by molar-refractivity contribution is -0.122. The number of aromatic nitrogens is 1. The molecule has 27 heavy (non-hydrogen) atoms. The Hall–Kier alpha value is -3.54. The number of rotatable bonds is 3. The van der Waals surface area contributed by atoms with Crippen LogP contribution in [0.2, 0.25) is 0 Å². The summed E-state index contributed by atoms with van der Waals surface area (Å²) in [6, 6.07) is 17.0. The molecule has 0 bridgehead atoms. The van der Waals surface area contributed by atoms with Gasteiger partial charge in [-0.05, 0) is 41.0 Å². The van der Waals surface area contributed by atoms with Crippen LogP contribution in [0.5, 0.6) is 0 Å². The van der Waals surface area contributed by atoms with Crippen molar-refractivity contribution in [1.29, 1.82) is 0 Å². The summed E-state index contributed by atoms with van der Waals surface area (Å²) >= 11 is 0. The third-order valence-electron chi connectivity index (χ3n) is 4.36. The zero-order valence-corrected chi connectivity index (χ0v) is 13.7. The summed E-state index contributed by atoms with van der Waals surface area (Å²) in [5.41, 5.74) is 6.72. The Balaban J connectivity index is 0.00000210. The van der Waals surface area contributed by atoms with Crippen molar-refractivity contribution in [2.24, 2.45) is 10.7 Å². The molecule has 1 amide bonds. The SMILES string of the molecule is C.NC1=NC(c2ccccc2)(c2cc(F)cc(-c3cccnc3)c2)C(=O)N1. The molecule has 1 atom stereocenters. The van der Waals surface area contributed by atoms with Gasteiger partial charge in [0.1, 0.15) is 5.82 Å². The van der Waals surface area contributed by atoms with Crippen molar-refractivity contribution in [3.8, 4) is 11.1 Å². The summed E-state index contributed by atoms with van der Waals surface area (Å²) in [6.07, 6.45) is 3.28. The van der Waals surface area contributed by atoms with Crippen LogP contribution in [0, 0.1) is 5.82 Å². The van der Waals surface area contributed by atoms with Gasteiger partial charge in [-0.3, -0.25) is 15.1 Å². The second-order valence-electron chi connectivity index (χ2n) is 6.00. The van der Waals surface area contributed by atoms with Gasteiger partial charge in [0.25, 0.3) is 5.91 Å². The van der Waals surface area contributed by atoms with Gasteiger partial charge < -0.3 is 5.73 Å². The predicted octanol–water partition coefficient (Wildman–Crippen LogP) is 3.21. The molecule has 0 saturated carbocycles. The number of aliphatic imine (C=N–C) groups is 1. The molecule has 4 rings (SSSR count). The Morgan fingerprint density at radius 1 is 0.963 bits per heavy atom. The molecule has 0 saturated heterocycles. The number of pyridine rings is 1. The summed E-state index contributed by atoms with van der Waals surface area (Å²) in [5.74, 6) is -0.875. The highest BCUT2D eigenvalue weighted by Crippen LogP contribution is 2.38. The van der Waals surface area contributed by atoms with Gasteiger partial charge in [0.05, 0.1) is 0 Å². The quantitative estimate of drug-likeness (QED) is 0.751. The molecule has 3 N–H and O–H groups in total. The highest BCUT2D eigenvalue weighted by atomic mass is 19.1. The molecule has 0 radical (unpaired) electrons. The minimum atomic E-state index is -1.43. The standard InChI is InChI=1S/C20H15FN4O.CH4/c21-17-10-14(13-5-4-8-23-12-13)9-16(11-17)20(15-6-2-1-3-7-15)18(26)24-19(22)25-20;/h1-12H,(H3,22,24,25,26);1H4. The molecule has 2 aromatic carbocycles. The monoisotopic (exact) mass is 362 g/mol. The second-order valence-corrected chi connectivity index (χ2v) is 6.00. The van der Waals surface area contributed by atoms with E-state index in [1.807, 2.05) is 12.1 Å². The summed E-state index contributed by atoms with van der Waals surface area (Å²) < 4.78 is 14.4. The summed E-state index contributed by atoms with van der Waals surface area (Å²) in [7, 11) is 0. The van der Waals surface area contributed by atoms with Crippen molar-refractivity contribution < 1.29 is 9.18 Å². The number of hydrogen-bond acceptors (Lipinski definition) is 4. The number of hydrogen-bond donors (Lipinski definition) is 2. The zero-order valence-electron chi connectivity index (χ0n) is 13.7. The van der Waals surface area contributed by atoms with Crippen LogP contribution < -0.4 is 11.1 Å². The molecule has 1 aliphatic heterocycles. The minimum Gasteiger partial charge on any atom is -0.370 e. The number of benzene rings is 2. The van der Waals surface area contributed by atoms with Crippen LogP contribution in [-0.4, -0.2) is 16.9 Å².